The fourth-order valence-electron chi connectivity index (χ4n) is 3.75. The van der Waals surface area contributed by atoms with E-state index in [1.54, 1.807) is 36.3 Å². The van der Waals surface area contributed by atoms with Gasteiger partial charge < -0.3 is 20.3 Å². The molecule has 0 unspecified atom stereocenters. The summed E-state index contributed by atoms with van der Waals surface area (Å²) in [4.78, 5) is 39.1. The van der Waals surface area contributed by atoms with Crippen LogP contribution in [-0.2, 0) is 14.4 Å². The molecule has 1 aromatic carbocycles. The summed E-state index contributed by atoms with van der Waals surface area (Å²) < 4.78 is 5.09. The second-order valence-corrected chi connectivity index (χ2v) is 7.82. The van der Waals surface area contributed by atoms with Gasteiger partial charge in [0.25, 0.3) is 0 Å². The molecule has 7 heteroatoms. The van der Waals surface area contributed by atoms with Crippen LogP contribution in [0.25, 0.3) is 0 Å². The van der Waals surface area contributed by atoms with Gasteiger partial charge in [-0.2, -0.15) is 0 Å². The standard InChI is InChI=1S/C23H35N3O4/c1-3-4-6-11-23(29)26(19-9-7-5-8-10-19)17-22(28)24-16-21(27)25-18-12-14-20(30-2)15-13-18/h12-15,19H,3-11,16-17H2,1-2H3,(H,24,28)(H,25,27). The third kappa shape index (κ3) is 8.05. The highest BCUT2D eigenvalue weighted by molar-refractivity contribution is 5.95. The maximum atomic E-state index is 12.7. The van der Waals surface area contributed by atoms with Gasteiger partial charge >= 0.3 is 0 Å². The van der Waals surface area contributed by atoms with Crippen molar-refractivity contribution in [1.29, 1.82) is 0 Å². The van der Waals surface area contributed by atoms with Gasteiger partial charge in [0.1, 0.15) is 5.75 Å². The third-order valence-corrected chi connectivity index (χ3v) is 5.46. The number of carbonyl (C=O) groups is 3. The molecular formula is C23H35N3O4. The summed E-state index contributed by atoms with van der Waals surface area (Å²) in [6.45, 7) is 1.99. The SMILES string of the molecule is CCCCCC(=O)N(CC(=O)NCC(=O)Nc1ccc(OC)cc1)C1CCCCC1. The largest absolute Gasteiger partial charge is 0.497 e. The van der Waals surface area contributed by atoms with Crippen LogP contribution in [0.2, 0.25) is 0 Å². The van der Waals surface area contributed by atoms with Gasteiger partial charge in [0, 0.05) is 18.2 Å². The number of carbonyl (C=O) groups excluding carboxylic acids is 3. The highest BCUT2D eigenvalue weighted by Gasteiger charge is 2.27. The Hall–Kier alpha value is -2.57. The number of hydrogen-bond donors (Lipinski definition) is 2. The molecule has 7 nitrogen and oxygen atoms in total. The maximum Gasteiger partial charge on any atom is 0.243 e. The summed E-state index contributed by atoms with van der Waals surface area (Å²) in [6, 6.07) is 7.10. The highest BCUT2D eigenvalue weighted by Crippen LogP contribution is 2.23. The Morgan fingerprint density at radius 1 is 1.03 bits per heavy atom. The van der Waals surface area contributed by atoms with Crippen LogP contribution in [0.1, 0.15) is 64.7 Å². The second kappa shape index (κ2) is 12.9. The van der Waals surface area contributed by atoms with E-state index in [4.69, 9.17) is 4.74 Å². The Balaban J connectivity index is 1.84. The summed E-state index contributed by atoms with van der Waals surface area (Å²) in [7, 11) is 1.58. The second-order valence-electron chi connectivity index (χ2n) is 7.82. The van der Waals surface area contributed by atoms with E-state index in [9.17, 15) is 14.4 Å². The van der Waals surface area contributed by atoms with Gasteiger partial charge in [-0.05, 0) is 43.5 Å². The average Bonchev–Trinajstić information content (AvgIpc) is 2.77. The van der Waals surface area contributed by atoms with E-state index in [0.29, 0.717) is 17.9 Å². The number of anilines is 1. The fourth-order valence-corrected chi connectivity index (χ4v) is 3.75. The van der Waals surface area contributed by atoms with E-state index in [1.807, 2.05) is 0 Å². The first-order valence-corrected chi connectivity index (χ1v) is 11.0. The van der Waals surface area contributed by atoms with Gasteiger partial charge in [-0.25, -0.2) is 0 Å². The lowest BCUT2D eigenvalue weighted by Crippen LogP contribution is -2.48. The summed E-state index contributed by atoms with van der Waals surface area (Å²) in [6.07, 6.45) is 8.68. The number of unbranched alkanes of at least 4 members (excludes halogenated alkanes) is 2. The highest BCUT2D eigenvalue weighted by atomic mass is 16.5. The molecule has 2 rings (SSSR count). The first-order chi connectivity index (χ1) is 14.5. The fraction of sp³-hybridized carbons (Fsp3) is 0.609. The lowest BCUT2D eigenvalue weighted by Gasteiger charge is -2.34. The predicted octanol–water partition coefficient (Wildman–Crippen LogP) is 3.49. The number of nitrogens with zero attached hydrogens (tertiary/aromatic N) is 1. The first-order valence-electron chi connectivity index (χ1n) is 11.0. The van der Waals surface area contributed by atoms with Gasteiger partial charge in [0.15, 0.2) is 0 Å². The molecule has 0 saturated heterocycles. The van der Waals surface area contributed by atoms with E-state index in [1.165, 1.54) is 6.42 Å². The number of benzene rings is 1. The Bertz CT molecular complexity index is 684. The molecule has 1 aliphatic rings. The van der Waals surface area contributed by atoms with Crippen molar-refractivity contribution in [3.05, 3.63) is 24.3 Å². The van der Waals surface area contributed by atoms with Crippen molar-refractivity contribution in [2.75, 3.05) is 25.5 Å². The topological polar surface area (TPSA) is 87.7 Å². The van der Waals surface area contributed by atoms with Crippen molar-refractivity contribution in [3.63, 3.8) is 0 Å². The van der Waals surface area contributed by atoms with Crippen molar-refractivity contribution in [3.8, 4) is 5.75 Å². The minimum Gasteiger partial charge on any atom is -0.497 e. The molecule has 0 aromatic heterocycles. The van der Waals surface area contributed by atoms with Crippen molar-refractivity contribution in [2.24, 2.45) is 0 Å². The zero-order valence-electron chi connectivity index (χ0n) is 18.2. The molecule has 30 heavy (non-hydrogen) atoms. The monoisotopic (exact) mass is 417 g/mol. The van der Waals surface area contributed by atoms with E-state index < -0.39 is 0 Å². The molecule has 0 bridgehead atoms. The van der Waals surface area contributed by atoms with Crippen LogP contribution in [0.15, 0.2) is 24.3 Å². The van der Waals surface area contributed by atoms with E-state index in [-0.39, 0.29) is 36.9 Å². The number of rotatable bonds is 11. The van der Waals surface area contributed by atoms with Crippen LogP contribution in [-0.4, -0.2) is 48.9 Å². The Morgan fingerprint density at radius 2 is 1.73 bits per heavy atom. The zero-order chi connectivity index (χ0) is 21.8. The molecule has 3 amide bonds. The molecule has 2 N–H and O–H groups in total. The first kappa shape index (κ1) is 23.7. The molecule has 0 spiro atoms. The van der Waals surface area contributed by atoms with Crippen molar-refractivity contribution >= 4 is 23.4 Å². The third-order valence-electron chi connectivity index (χ3n) is 5.46. The normalized spacial score (nSPS) is 14.1. The number of methoxy groups -OCH3 is 1. The molecule has 1 aliphatic carbocycles. The number of amides is 3. The van der Waals surface area contributed by atoms with Gasteiger partial charge in [-0.15, -0.1) is 0 Å². The van der Waals surface area contributed by atoms with Crippen LogP contribution in [0.3, 0.4) is 0 Å². The maximum absolute atomic E-state index is 12.7. The molecule has 166 valence electrons. The van der Waals surface area contributed by atoms with Crippen molar-refractivity contribution in [2.45, 2.75) is 70.8 Å². The molecule has 0 heterocycles. The number of hydrogen-bond acceptors (Lipinski definition) is 4. The van der Waals surface area contributed by atoms with Crippen molar-refractivity contribution < 1.29 is 19.1 Å². The van der Waals surface area contributed by atoms with Gasteiger partial charge in [0.05, 0.1) is 20.2 Å². The molecule has 0 aliphatic heterocycles. The molecular weight excluding hydrogens is 382 g/mol. The molecule has 0 atom stereocenters. The van der Waals surface area contributed by atoms with Crippen LogP contribution < -0.4 is 15.4 Å². The van der Waals surface area contributed by atoms with E-state index in [0.717, 1.165) is 44.9 Å². The molecule has 1 saturated carbocycles. The summed E-state index contributed by atoms with van der Waals surface area (Å²) in [5.74, 6) is 0.141. The quantitative estimate of drug-likeness (QED) is 0.540. The molecule has 1 fully saturated rings. The number of ether oxygens (including phenoxy) is 1. The van der Waals surface area contributed by atoms with E-state index >= 15 is 0 Å². The van der Waals surface area contributed by atoms with Crippen LogP contribution in [0.5, 0.6) is 5.75 Å². The smallest absolute Gasteiger partial charge is 0.243 e. The lowest BCUT2D eigenvalue weighted by atomic mass is 9.93. The van der Waals surface area contributed by atoms with Gasteiger partial charge in [-0.1, -0.05) is 39.0 Å². The Morgan fingerprint density at radius 3 is 2.37 bits per heavy atom. The predicted molar refractivity (Wildman–Crippen MR) is 117 cm³/mol. The van der Waals surface area contributed by atoms with Gasteiger partial charge in [-0.3, -0.25) is 14.4 Å². The molecule has 0 radical (unpaired) electrons. The Labute approximate surface area is 179 Å². The average molecular weight is 418 g/mol. The summed E-state index contributed by atoms with van der Waals surface area (Å²) in [5.41, 5.74) is 0.630. The Kier molecular flexibility index (Phi) is 10.2. The van der Waals surface area contributed by atoms with Gasteiger partial charge in [0.2, 0.25) is 17.7 Å². The van der Waals surface area contributed by atoms with Crippen LogP contribution in [0, 0.1) is 0 Å². The zero-order valence-corrected chi connectivity index (χ0v) is 18.2. The summed E-state index contributed by atoms with van der Waals surface area (Å²) >= 11 is 0. The minimum absolute atomic E-state index is 0.0193. The van der Waals surface area contributed by atoms with Crippen LogP contribution in [0.4, 0.5) is 5.69 Å². The van der Waals surface area contributed by atoms with E-state index in [2.05, 4.69) is 17.6 Å². The summed E-state index contributed by atoms with van der Waals surface area (Å²) in [5, 5.41) is 5.38. The minimum atomic E-state index is -0.313. The van der Waals surface area contributed by atoms with Crippen LogP contribution >= 0.6 is 0 Å². The number of nitrogens with one attached hydrogen (secondary N) is 2. The lowest BCUT2D eigenvalue weighted by molar-refractivity contribution is -0.139. The van der Waals surface area contributed by atoms with Crippen molar-refractivity contribution in [1.82, 2.24) is 10.2 Å². The molecule has 1 aromatic rings.